The summed E-state index contributed by atoms with van der Waals surface area (Å²) in [6.45, 7) is 4.65. The molecule has 0 saturated carbocycles. The Labute approximate surface area is 182 Å². The highest BCUT2D eigenvalue weighted by Gasteiger charge is 2.32. The van der Waals surface area contributed by atoms with Crippen molar-refractivity contribution in [3.8, 4) is 0 Å². The molecule has 0 saturated heterocycles. The number of hydrogen-bond donors (Lipinski definition) is 8. The second-order valence-corrected chi connectivity index (χ2v) is 7.89. The average molecular weight is 448 g/mol. The summed E-state index contributed by atoms with van der Waals surface area (Å²) in [7, 11) is 0. The molecule has 0 spiro atoms. The zero-order chi connectivity index (χ0) is 24.1. The van der Waals surface area contributed by atoms with Crippen molar-refractivity contribution in [1.82, 2.24) is 16.0 Å². The lowest BCUT2D eigenvalue weighted by atomic mass is 10.0. The average Bonchev–Trinajstić information content (AvgIpc) is 2.68. The molecule has 12 nitrogen and oxygen atoms in total. The van der Waals surface area contributed by atoms with Gasteiger partial charge in [-0.25, -0.2) is 4.79 Å². The van der Waals surface area contributed by atoms with Gasteiger partial charge in [0.25, 0.3) is 0 Å². The Balaban J connectivity index is 5.43. The van der Waals surface area contributed by atoms with Crippen molar-refractivity contribution < 1.29 is 34.5 Å². The topological polar surface area (TPSA) is 217 Å². The number of carbonyl (C=O) groups excluding carboxylic acids is 3. The number of unbranched alkanes of at least 4 members (excludes halogenated alkanes) is 1. The number of nitrogens with one attached hydrogen (secondary N) is 3. The molecule has 0 aromatic rings. The van der Waals surface area contributed by atoms with E-state index in [1.165, 1.54) is 6.92 Å². The van der Waals surface area contributed by atoms with Crippen LogP contribution in [0.5, 0.6) is 0 Å². The van der Waals surface area contributed by atoms with Crippen molar-refractivity contribution >= 4 is 23.7 Å². The summed E-state index contributed by atoms with van der Waals surface area (Å²) < 4.78 is 0. The molecule has 31 heavy (non-hydrogen) atoms. The van der Waals surface area contributed by atoms with Gasteiger partial charge in [-0.2, -0.15) is 0 Å². The molecule has 12 heteroatoms. The largest absolute Gasteiger partial charge is 0.480 e. The van der Waals surface area contributed by atoms with Gasteiger partial charge in [-0.1, -0.05) is 13.8 Å². The minimum atomic E-state index is -1.54. The fourth-order valence-corrected chi connectivity index (χ4v) is 2.74. The molecule has 180 valence electrons. The Kier molecular flexibility index (Phi) is 13.6. The van der Waals surface area contributed by atoms with Crippen LogP contribution in [0.1, 0.15) is 46.5 Å². The van der Waals surface area contributed by atoms with Gasteiger partial charge in [-0.3, -0.25) is 14.4 Å². The molecule has 3 amide bonds. The summed E-state index contributed by atoms with van der Waals surface area (Å²) in [6, 6.07) is -4.86. The van der Waals surface area contributed by atoms with Gasteiger partial charge in [0.1, 0.15) is 18.1 Å². The predicted molar refractivity (Wildman–Crippen MR) is 113 cm³/mol. The number of amides is 3. The summed E-state index contributed by atoms with van der Waals surface area (Å²) in [5, 5.41) is 35.0. The van der Waals surface area contributed by atoms with Crippen LogP contribution in [0.4, 0.5) is 0 Å². The molecule has 0 radical (unpaired) electrons. The van der Waals surface area contributed by atoms with E-state index in [-0.39, 0.29) is 18.8 Å². The molecular formula is C19H37N5O7. The van der Waals surface area contributed by atoms with Gasteiger partial charge >= 0.3 is 5.97 Å². The van der Waals surface area contributed by atoms with Crippen molar-refractivity contribution in [2.24, 2.45) is 17.4 Å². The molecule has 0 aromatic heterocycles. The van der Waals surface area contributed by atoms with Gasteiger partial charge in [-0.05, 0) is 45.1 Å². The monoisotopic (exact) mass is 447 g/mol. The Morgan fingerprint density at radius 3 is 1.90 bits per heavy atom. The summed E-state index contributed by atoms with van der Waals surface area (Å²) >= 11 is 0. The molecule has 0 aromatic carbocycles. The normalized spacial score (nSPS) is 16.0. The summed E-state index contributed by atoms with van der Waals surface area (Å²) in [5.41, 5.74) is 11.0. The number of hydrogen-bond acceptors (Lipinski definition) is 8. The molecule has 0 aliphatic rings. The lowest BCUT2D eigenvalue weighted by Gasteiger charge is -2.26. The number of carboxylic acid groups (broad SMARTS) is 1. The zero-order valence-electron chi connectivity index (χ0n) is 18.3. The first kappa shape index (κ1) is 28.7. The molecule has 0 aliphatic heterocycles. The third-order valence-electron chi connectivity index (χ3n) is 4.50. The highest BCUT2D eigenvalue weighted by atomic mass is 16.4. The summed E-state index contributed by atoms with van der Waals surface area (Å²) in [6.07, 6.45) is 0.210. The van der Waals surface area contributed by atoms with E-state index >= 15 is 0 Å². The number of carbonyl (C=O) groups is 4. The highest BCUT2D eigenvalue weighted by molar-refractivity contribution is 5.94. The maximum atomic E-state index is 12.8. The molecule has 5 atom stereocenters. The SMILES string of the molecule is CC(C)CC(NC(=O)C(CCCCN)NC(=O)C(N)CO)C(=O)NC(C(=O)O)C(C)O. The Morgan fingerprint density at radius 1 is 0.903 bits per heavy atom. The maximum absolute atomic E-state index is 12.8. The molecule has 5 unspecified atom stereocenters. The number of aliphatic carboxylic acids is 1. The van der Waals surface area contributed by atoms with Gasteiger partial charge in [0, 0.05) is 0 Å². The summed E-state index contributed by atoms with van der Waals surface area (Å²) in [4.78, 5) is 48.8. The number of carboxylic acids is 1. The lowest BCUT2D eigenvalue weighted by Crippen LogP contribution is -2.58. The third kappa shape index (κ3) is 11.1. The molecule has 0 rings (SSSR count). The van der Waals surface area contributed by atoms with E-state index in [4.69, 9.17) is 21.7 Å². The fraction of sp³-hybridized carbons (Fsp3) is 0.789. The second-order valence-electron chi connectivity index (χ2n) is 7.89. The van der Waals surface area contributed by atoms with Gasteiger partial charge in [-0.15, -0.1) is 0 Å². The predicted octanol–water partition coefficient (Wildman–Crippen LogP) is -2.60. The van der Waals surface area contributed by atoms with E-state index in [2.05, 4.69) is 16.0 Å². The third-order valence-corrected chi connectivity index (χ3v) is 4.50. The zero-order valence-corrected chi connectivity index (χ0v) is 18.3. The van der Waals surface area contributed by atoms with Crippen molar-refractivity contribution in [3.63, 3.8) is 0 Å². The van der Waals surface area contributed by atoms with E-state index in [1.54, 1.807) is 0 Å². The van der Waals surface area contributed by atoms with E-state index in [0.29, 0.717) is 19.4 Å². The number of aliphatic hydroxyl groups excluding tert-OH is 2. The fourth-order valence-electron chi connectivity index (χ4n) is 2.74. The quantitative estimate of drug-likeness (QED) is 0.123. The van der Waals surface area contributed by atoms with E-state index in [1.807, 2.05) is 13.8 Å². The number of rotatable bonds is 15. The van der Waals surface area contributed by atoms with E-state index < -0.39 is 60.6 Å². The molecule has 10 N–H and O–H groups in total. The Hall–Kier alpha value is -2.28. The van der Waals surface area contributed by atoms with Crippen molar-refractivity contribution in [2.45, 2.75) is 76.7 Å². The summed E-state index contributed by atoms with van der Waals surface area (Å²) in [5.74, 6) is -3.59. The van der Waals surface area contributed by atoms with Crippen LogP contribution in [0.25, 0.3) is 0 Å². The van der Waals surface area contributed by atoms with Crippen LogP contribution in [0.15, 0.2) is 0 Å². The molecule has 0 fully saturated rings. The van der Waals surface area contributed by atoms with Crippen LogP contribution in [0.3, 0.4) is 0 Å². The minimum absolute atomic E-state index is 0.0287. The van der Waals surface area contributed by atoms with Crippen LogP contribution in [-0.4, -0.2) is 82.4 Å². The lowest BCUT2D eigenvalue weighted by molar-refractivity contribution is -0.145. The van der Waals surface area contributed by atoms with E-state index in [9.17, 15) is 24.3 Å². The van der Waals surface area contributed by atoms with Crippen LogP contribution >= 0.6 is 0 Å². The highest BCUT2D eigenvalue weighted by Crippen LogP contribution is 2.08. The standard InChI is InChI=1S/C19H37N5O7/c1-10(2)8-14(18(29)24-15(11(3)26)19(30)31)23-17(28)13(6-4-5-7-20)22-16(27)12(21)9-25/h10-15,25-26H,4-9,20-21H2,1-3H3,(H,22,27)(H,23,28)(H,24,29)(H,30,31). The van der Waals surface area contributed by atoms with Gasteiger partial charge in [0.15, 0.2) is 6.04 Å². The molecular weight excluding hydrogens is 410 g/mol. The number of aliphatic hydroxyl groups is 2. The van der Waals surface area contributed by atoms with E-state index in [0.717, 1.165) is 0 Å². The molecule has 0 aliphatic carbocycles. The van der Waals surface area contributed by atoms with Gasteiger partial charge in [0.2, 0.25) is 17.7 Å². The first-order chi connectivity index (χ1) is 14.4. The second kappa shape index (κ2) is 14.7. The van der Waals surface area contributed by atoms with Crippen LogP contribution < -0.4 is 27.4 Å². The minimum Gasteiger partial charge on any atom is -0.480 e. The van der Waals surface area contributed by atoms with Crippen molar-refractivity contribution in [3.05, 3.63) is 0 Å². The Morgan fingerprint density at radius 2 is 1.45 bits per heavy atom. The van der Waals surface area contributed by atoms with Crippen LogP contribution in [0, 0.1) is 5.92 Å². The first-order valence-corrected chi connectivity index (χ1v) is 10.3. The van der Waals surface area contributed by atoms with Crippen LogP contribution in [0.2, 0.25) is 0 Å². The first-order valence-electron chi connectivity index (χ1n) is 10.3. The number of nitrogens with two attached hydrogens (primary N) is 2. The van der Waals surface area contributed by atoms with Gasteiger partial charge in [0.05, 0.1) is 12.7 Å². The Bertz CT molecular complexity index is 600. The van der Waals surface area contributed by atoms with Crippen molar-refractivity contribution in [2.75, 3.05) is 13.2 Å². The molecule has 0 bridgehead atoms. The molecule has 0 heterocycles. The van der Waals surface area contributed by atoms with Gasteiger partial charge < -0.3 is 42.7 Å². The van der Waals surface area contributed by atoms with Crippen molar-refractivity contribution in [1.29, 1.82) is 0 Å². The van der Waals surface area contributed by atoms with Crippen LogP contribution in [-0.2, 0) is 19.2 Å². The smallest absolute Gasteiger partial charge is 0.328 e. The maximum Gasteiger partial charge on any atom is 0.328 e.